The molecule has 0 aliphatic carbocycles. The molecule has 0 bridgehead atoms. The quantitative estimate of drug-likeness (QED) is 0.736. The summed E-state index contributed by atoms with van der Waals surface area (Å²) in [6, 6.07) is 15.0. The van der Waals surface area contributed by atoms with E-state index >= 15 is 0 Å². The van der Waals surface area contributed by atoms with E-state index in [0.717, 1.165) is 5.56 Å². The zero-order valence-electron chi connectivity index (χ0n) is 14.3. The number of sulfonamides is 1. The van der Waals surface area contributed by atoms with Crippen molar-refractivity contribution in [1.82, 2.24) is 4.31 Å². The topological polar surface area (TPSA) is 104 Å². The van der Waals surface area contributed by atoms with Crippen LogP contribution in [0.4, 0.5) is 5.69 Å². The maximum absolute atomic E-state index is 12.6. The van der Waals surface area contributed by atoms with E-state index in [0.29, 0.717) is 5.69 Å². The Kier molecular flexibility index (Phi) is 6.48. The molecule has 0 aliphatic rings. The van der Waals surface area contributed by atoms with E-state index in [1.807, 2.05) is 30.3 Å². The summed E-state index contributed by atoms with van der Waals surface area (Å²) in [6.45, 7) is 0.247. The van der Waals surface area contributed by atoms with Crippen molar-refractivity contribution in [2.45, 2.75) is 24.3 Å². The number of nitrogens with one attached hydrogen (secondary N) is 1. The number of rotatable bonds is 8. The predicted octanol–water partition coefficient (Wildman–Crippen LogP) is 2.31. The van der Waals surface area contributed by atoms with Crippen LogP contribution in [-0.2, 0) is 26.2 Å². The van der Waals surface area contributed by atoms with Crippen LogP contribution in [0, 0.1) is 0 Å². The molecule has 0 heterocycles. The SMILES string of the molecule is CN(Cc1ccccc1)S(=O)(=O)c1ccc(NC(=O)CCC(=O)O)cc1. The van der Waals surface area contributed by atoms with Crippen molar-refractivity contribution in [2.24, 2.45) is 0 Å². The maximum atomic E-state index is 12.6. The zero-order valence-corrected chi connectivity index (χ0v) is 15.1. The minimum Gasteiger partial charge on any atom is -0.481 e. The van der Waals surface area contributed by atoms with Gasteiger partial charge in [-0.1, -0.05) is 30.3 Å². The summed E-state index contributed by atoms with van der Waals surface area (Å²) in [5.41, 5.74) is 1.28. The Bertz CT molecular complexity index is 864. The molecule has 2 rings (SSSR count). The standard InChI is InChI=1S/C18H20N2O5S/c1-20(13-14-5-3-2-4-6-14)26(24,25)16-9-7-15(8-10-16)19-17(21)11-12-18(22)23/h2-10H,11-13H2,1H3,(H,19,21)(H,22,23). The Morgan fingerprint density at radius 1 is 1.00 bits per heavy atom. The van der Waals surface area contributed by atoms with Crippen LogP contribution >= 0.6 is 0 Å². The maximum Gasteiger partial charge on any atom is 0.303 e. The number of carbonyl (C=O) groups is 2. The summed E-state index contributed by atoms with van der Waals surface area (Å²) < 4.78 is 26.5. The predicted molar refractivity (Wildman–Crippen MR) is 97.0 cm³/mol. The number of anilines is 1. The van der Waals surface area contributed by atoms with Gasteiger partial charge in [0.1, 0.15) is 0 Å². The molecule has 2 aromatic rings. The zero-order chi connectivity index (χ0) is 19.2. The van der Waals surface area contributed by atoms with Crippen molar-refractivity contribution in [3.63, 3.8) is 0 Å². The van der Waals surface area contributed by atoms with E-state index in [1.165, 1.54) is 35.6 Å². The van der Waals surface area contributed by atoms with Gasteiger partial charge in [0.05, 0.1) is 11.3 Å². The number of hydrogen-bond acceptors (Lipinski definition) is 4. The number of amides is 1. The molecule has 0 fully saturated rings. The Morgan fingerprint density at radius 2 is 1.62 bits per heavy atom. The molecule has 138 valence electrons. The average Bonchev–Trinajstić information content (AvgIpc) is 2.61. The second-order valence-corrected chi connectivity index (χ2v) is 7.76. The van der Waals surface area contributed by atoms with E-state index < -0.39 is 21.9 Å². The largest absolute Gasteiger partial charge is 0.481 e. The average molecular weight is 376 g/mol. The summed E-state index contributed by atoms with van der Waals surface area (Å²) in [6.07, 6.45) is -0.405. The number of aliphatic carboxylic acids is 1. The minimum atomic E-state index is -3.66. The summed E-state index contributed by atoms with van der Waals surface area (Å²) in [4.78, 5) is 22.2. The van der Waals surface area contributed by atoms with Crippen LogP contribution < -0.4 is 5.32 Å². The number of carbonyl (C=O) groups excluding carboxylic acids is 1. The van der Waals surface area contributed by atoms with E-state index in [9.17, 15) is 18.0 Å². The minimum absolute atomic E-state index is 0.111. The Balaban J connectivity index is 2.03. The molecule has 8 heteroatoms. The van der Waals surface area contributed by atoms with Crippen molar-refractivity contribution < 1.29 is 23.1 Å². The van der Waals surface area contributed by atoms with Gasteiger partial charge in [0.2, 0.25) is 15.9 Å². The molecule has 7 nitrogen and oxygen atoms in total. The van der Waals surface area contributed by atoms with Crippen LogP contribution in [0.15, 0.2) is 59.5 Å². The fraction of sp³-hybridized carbons (Fsp3) is 0.222. The van der Waals surface area contributed by atoms with Gasteiger partial charge in [0, 0.05) is 25.7 Å². The van der Waals surface area contributed by atoms with Gasteiger partial charge < -0.3 is 10.4 Å². The second-order valence-electron chi connectivity index (χ2n) is 5.71. The third kappa shape index (κ3) is 5.40. The molecular weight excluding hydrogens is 356 g/mol. The number of carboxylic acid groups (broad SMARTS) is 1. The highest BCUT2D eigenvalue weighted by Gasteiger charge is 2.20. The van der Waals surface area contributed by atoms with Crippen molar-refractivity contribution in [2.75, 3.05) is 12.4 Å². The molecule has 0 unspecified atom stereocenters. The first-order valence-corrected chi connectivity index (χ1v) is 9.35. The molecule has 0 spiro atoms. The van der Waals surface area contributed by atoms with Gasteiger partial charge in [0.25, 0.3) is 0 Å². The van der Waals surface area contributed by atoms with Crippen molar-refractivity contribution >= 4 is 27.6 Å². The summed E-state index contributed by atoms with van der Waals surface area (Å²) >= 11 is 0. The van der Waals surface area contributed by atoms with Crippen LogP contribution in [0.5, 0.6) is 0 Å². The van der Waals surface area contributed by atoms with Crippen molar-refractivity contribution in [1.29, 1.82) is 0 Å². The number of carboxylic acids is 1. The van der Waals surface area contributed by atoms with Gasteiger partial charge in [0.15, 0.2) is 0 Å². The van der Waals surface area contributed by atoms with Crippen molar-refractivity contribution in [3.05, 3.63) is 60.2 Å². The molecule has 2 N–H and O–H groups in total. The number of hydrogen-bond donors (Lipinski definition) is 2. The first kappa shape index (κ1) is 19.6. The lowest BCUT2D eigenvalue weighted by Gasteiger charge is -2.17. The lowest BCUT2D eigenvalue weighted by Crippen LogP contribution is -2.26. The third-order valence-corrected chi connectivity index (χ3v) is 5.48. The van der Waals surface area contributed by atoms with E-state index in [2.05, 4.69) is 5.32 Å². The fourth-order valence-corrected chi connectivity index (χ4v) is 3.42. The fourth-order valence-electron chi connectivity index (χ4n) is 2.26. The van der Waals surface area contributed by atoms with Gasteiger partial charge in [-0.25, -0.2) is 8.42 Å². The monoisotopic (exact) mass is 376 g/mol. The highest BCUT2D eigenvalue weighted by atomic mass is 32.2. The first-order chi connectivity index (χ1) is 12.3. The molecule has 0 atom stereocenters. The molecule has 0 radical (unpaired) electrons. The van der Waals surface area contributed by atoms with Gasteiger partial charge in [-0.05, 0) is 29.8 Å². The van der Waals surface area contributed by atoms with E-state index in [-0.39, 0.29) is 24.3 Å². The molecule has 0 saturated heterocycles. The van der Waals surface area contributed by atoms with Crippen LogP contribution in [0.3, 0.4) is 0 Å². The van der Waals surface area contributed by atoms with Gasteiger partial charge in [-0.3, -0.25) is 9.59 Å². The van der Waals surface area contributed by atoms with Crippen LogP contribution in [0.1, 0.15) is 18.4 Å². The summed E-state index contributed by atoms with van der Waals surface area (Å²) in [5, 5.41) is 11.1. The third-order valence-electron chi connectivity index (χ3n) is 3.66. The Hall–Kier alpha value is -2.71. The Morgan fingerprint density at radius 3 is 2.19 bits per heavy atom. The number of nitrogens with zero attached hydrogens (tertiary/aromatic N) is 1. The van der Waals surface area contributed by atoms with E-state index in [4.69, 9.17) is 5.11 Å². The van der Waals surface area contributed by atoms with Crippen LogP contribution in [-0.4, -0.2) is 36.8 Å². The first-order valence-electron chi connectivity index (χ1n) is 7.91. The van der Waals surface area contributed by atoms with Gasteiger partial charge >= 0.3 is 5.97 Å². The molecule has 0 saturated carbocycles. The number of benzene rings is 2. The van der Waals surface area contributed by atoms with Gasteiger partial charge in [-0.15, -0.1) is 0 Å². The lowest BCUT2D eigenvalue weighted by atomic mass is 10.2. The lowest BCUT2D eigenvalue weighted by molar-refractivity contribution is -0.138. The van der Waals surface area contributed by atoms with Crippen molar-refractivity contribution in [3.8, 4) is 0 Å². The molecule has 0 aliphatic heterocycles. The summed E-state index contributed by atoms with van der Waals surface area (Å²) in [7, 11) is -2.16. The molecule has 2 aromatic carbocycles. The molecular formula is C18H20N2O5S. The summed E-state index contributed by atoms with van der Waals surface area (Å²) in [5.74, 6) is -1.49. The normalized spacial score (nSPS) is 11.3. The second kappa shape index (κ2) is 8.59. The van der Waals surface area contributed by atoms with Crippen LogP contribution in [0.2, 0.25) is 0 Å². The van der Waals surface area contributed by atoms with Crippen LogP contribution in [0.25, 0.3) is 0 Å². The Labute approximate surface area is 152 Å². The van der Waals surface area contributed by atoms with Gasteiger partial charge in [-0.2, -0.15) is 4.31 Å². The smallest absolute Gasteiger partial charge is 0.303 e. The highest BCUT2D eigenvalue weighted by molar-refractivity contribution is 7.89. The molecule has 26 heavy (non-hydrogen) atoms. The highest BCUT2D eigenvalue weighted by Crippen LogP contribution is 2.19. The molecule has 0 aromatic heterocycles. The molecule has 1 amide bonds. The van der Waals surface area contributed by atoms with E-state index in [1.54, 1.807) is 0 Å².